The van der Waals surface area contributed by atoms with E-state index in [4.69, 9.17) is 0 Å². The van der Waals surface area contributed by atoms with E-state index in [1.807, 2.05) is 20.2 Å². The minimum atomic E-state index is -0.417. The number of nitro groups is 1. The summed E-state index contributed by atoms with van der Waals surface area (Å²) in [4.78, 5) is 10.3. The monoisotopic (exact) mass is 318 g/mol. The fourth-order valence-corrected chi connectivity index (χ4v) is 2.46. The Labute approximate surface area is 135 Å². The predicted molar refractivity (Wildman–Crippen MR) is 87.9 cm³/mol. The number of nitro benzene ring substituents is 1. The van der Waals surface area contributed by atoms with Crippen LogP contribution in [0.5, 0.6) is 0 Å². The highest BCUT2D eigenvalue weighted by Gasteiger charge is 2.12. The molecule has 7 heteroatoms. The van der Waals surface area contributed by atoms with Crippen LogP contribution in [-0.2, 0) is 13.6 Å². The SMILES string of the molecule is CCCC(O)CNCc1cn(C)nc1-c1ccc([N+](=O)[O-])cc1. The van der Waals surface area contributed by atoms with Crippen LogP contribution >= 0.6 is 0 Å². The molecule has 1 heterocycles. The van der Waals surface area contributed by atoms with Gasteiger partial charge in [-0.25, -0.2) is 0 Å². The molecule has 0 aliphatic carbocycles. The number of hydrogen-bond donors (Lipinski definition) is 2. The second-order valence-corrected chi connectivity index (χ2v) is 5.55. The van der Waals surface area contributed by atoms with E-state index < -0.39 is 4.92 Å². The quantitative estimate of drug-likeness (QED) is 0.575. The molecule has 124 valence electrons. The van der Waals surface area contributed by atoms with E-state index in [0.717, 1.165) is 29.7 Å². The normalized spacial score (nSPS) is 12.3. The first kappa shape index (κ1) is 17.1. The van der Waals surface area contributed by atoms with Gasteiger partial charge in [0.05, 0.1) is 16.7 Å². The molecule has 0 fully saturated rings. The number of nitrogens with zero attached hydrogens (tertiary/aromatic N) is 3. The van der Waals surface area contributed by atoms with Crippen molar-refractivity contribution in [3.63, 3.8) is 0 Å². The standard InChI is InChI=1S/C16H22N4O3/c1-3-4-15(21)10-17-9-13-11-19(2)18-16(13)12-5-7-14(8-6-12)20(22)23/h5-8,11,15,17,21H,3-4,9-10H2,1-2H3. The van der Waals surface area contributed by atoms with Crippen LogP contribution in [0.3, 0.4) is 0 Å². The Hall–Kier alpha value is -2.25. The highest BCUT2D eigenvalue weighted by molar-refractivity contribution is 5.64. The molecule has 0 aliphatic rings. The summed E-state index contributed by atoms with van der Waals surface area (Å²) in [6.07, 6.45) is 3.29. The molecule has 1 unspecified atom stereocenters. The van der Waals surface area contributed by atoms with Crippen LogP contribution in [0.2, 0.25) is 0 Å². The number of benzene rings is 1. The molecule has 2 rings (SSSR count). The van der Waals surface area contributed by atoms with Gasteiger partial charge in [-0.15, -0.1) is 0 Å². The van der Waals surface area contributed by atoms with Gasteiger partial charge in [0.25, 0.3) is 5.69 Å². The van der Waals surface area contributed by atoms with Crippen LogP contribution < -0.4 is 5.32 Å². The molecule has 2 aromatic rings. The Morgan fingerprint density at radius 3 is 2.70 bits per heavy atom. The molecule has 0 saturated heterocycles. The summed E-state index contributed by atoms with van der Waals surface area (Å²) >= 11 is 0. The first-order valence-electron chi connectivity index (χ1n) is 7.67. The fraction of sp³-hybridized carbons (Fsp3) is 0.438. The topological polar surface area (TPSA) is 93.2 Å². The van der Waals surface area contributed by atoms with Crippen molar-refractivity contribution < 1.29 is 10.0 Å². The van der Waals surface area contributed by atoms with Gasteiger partial charge in [-0.2, -0.15) is 5.10 Å². The van der Waals surface area contributed by atoms with Crippen molar-refractivity contribution in [2.24, 2.45) is 7.05 Å². The Kier molecular flexibility index (Phi) is 5.84. The lowest BCUT2D eigenvalue weighted by atomic mass is 10.1. The van der Waals surface area contributed by atoms with Crippen molar-refractivity contribution in [1.29, 1.82) is 0 Å². The first-order chi connectivity index (χ1) is 11.0. The van der Waals surface area contributed by atoms with Crippen molar-refractivity contribution in [2.75, 3.05) is 6.54 Å². The Morgan fingerprint density at radius 2 is 2.09 bits per heavy atom. The molecule has 0 aliphatic heterocycles. The summed E-state index contributed by atoms with van der Waals surface area (Å²) in [6.45, 7) is 3.15. The van der Waals surface area contributed by atoms with Crippen LogP contribution in [0.25, 0.3) is 11.3 Å². The molecule has 7 nitrogen and oxygen atoms in total. The number of rotatable bonds is 8. The maximum atomic E-state index is 10.7. The molecule has 23 heavy (non-hydrogen) atoms. The Bertz CT molecular complexity index is 652. The number of aliphatic hydroxyl groups excluding tert-OH is 1. The second kappa shape index (κ2) is 7.85. The molecule has 0 spiro atoms. The molecular weight excluding hydrogens is 296 g/mol. The zero-order chi connectivity index (χ0) is 16.8. The summed E-state index contributed by atoms with van der Waals surface area (Å²) in [6, 6.07) is 6.37. The van der Waals surface area contributed by atoms with Gasteiger partial charge in [0.2, 0.25) is 0 Å². The Balaban J connectivity index is 2.09. The zero-order valence-electron chi connectivity index (χ0n) is 13.4. The van der Waals surface area contributed by atoms with Gasteiger partial charge in [-0.3, -0.25) is 14.8 Å². The average Bonchev–Trinajstić information content (AvgIpc) is 2.88. The first-order valence-corrected chi connectivity index (χ1v) is 7.67. The van der Waals surface area contributed by atoms with Crippen LogP contribution in [0, 0.1) is 10.1 Å². The van der Waals surface area contributed by atoms with Crippen molar-refractivity contribution in [3.8, 4) is 11.3 Å². The Morgan fingerprint density at radius 1 is 1.39 bits per heavy atom. The van der Waals surface area contributed by atoms with Gasteiger partial charge in [-0.1, -0.05) is 13.3 Å². The van der Waals surface area contributed by atoms with Crippen LogP contribution in [0.4, 0.5) is 5.69 Å². The van der Waals surface area contributed by atoms with Gasteiger partial charge in [0.1, 0.15) is 0 Å². The second-order valence-electron chi connectivity index (χ2n) is 5.55. The van der Waals surface area contributed by atoms with Gasteiger partial charge in [-0.05, 0) is 18.6 Å². The summed E-state index contributed by atoms with van der Waals surface area (Å²) in [5, 5.41) is 28.1. The van der Waals surface area contributed by atoms with E-state index in [2.05, 4.69) is 10.4 Å². The maximum absolute atomic E-state index is 10.7. The average molecular weight is 318 g/mol. The van der Waals surface area contributed by atoms with Gasteiger partial charge in [0, 0.05) is 49.6 Å². The number of aromatic nitrogens is 2. The molecule has 1 aromatic heterocycles. The molecule has 2 N–H and O–H groups in total. The largest absolute Gasteiger partial charge is 0.392 e. The summed E-state index contributed by atoms with van der Waals surface area (Å²) in [5.41, 5.74) is 2.68. The van der Waals surface area contributed by atoms with Crippen molar-refractivity contribution in [1.82, 2.24) is 15.1 Å². The highest BCUT2D eigenvalue weighted by Crippen LogP contribution is 2.24. The zero-order valence-corrected chi connectivity index (χ0v) is 13.4. The number of aryl methyl sites for hydroxylation is 1. The summed E-state index contributed by atoms with van der Waals surface area (Å²) in [5.74, 6) is 0. The van der Waals surface area contributed by atoms with E-state index >= 15 is 0 Å². The van der Waals surface area contributed by atoms with Crippen LogP contribution in [-0.4, -0.2) is 32.5 Å². The number of aliphatic hydroxyl groups is 1. The molecule has 1 atom stereocenters. The summed E-state index contributed by atoms with van der Waals surface area (Å²) < 4.78 is 1.72. The molecule has 1 aromatic carbocycles. The van der Waals surface area contributed by atoms with Gasteiger partial charge >= 0.3 is 0 Å². The summed E-state index contributed by atoms with van der Waals surface area (Å²) in [7, 11) is 1.84. The van der Waals surface area contributed by atoms with E-state index in [0.29, 0.717) is 13.1 Å². The van der Waals surface area contributed by atoms with E-state index in [9.17, 15) is 15.2 Å². The molecule has 0 saturated carbocycles. The third-order valence-corrected chi connectivity index (χ3v) is 3.57. The van der Waals surface area contributed by atoms with Crippen molar-refractivity contribution in [3.05, 3.63) is 46.1 Å². The van der Waals surface area contributed by atoms with Gasteiger partial charge < -0.3 is 10.4 Å². The molecule has 0 radical (unpaired) electrons. The third-order valence-electron chi connectivity index (χ3n) is 3.57. The molecule has 0 amide bonds. The van der Waals surface area contributed by atoms with Crippen LogP contribution in [0.1, 0.15) is 25.3 Å². The number of hydrogen-bond acceptors (Lipinski definition) is 5. The predicted octanol–water partition coefficient (Wildman–Crippen LogP) is 2.25. The van der Waals surface area contributed by atoms with E-state index in [1.54, 1.807) is 16.8 Å². The van der Waals surface area contributed by atoms with Gasteiger partial charge in [0.15, 0.2) is 0 Å². The smallest absolute Gasteiger partial charge is 0.269 e. The van der Waals surface area contributed by atoms with Crippen molar-refractivity contribution in [2.45, 2.75) is 32.4 Å². The minimum Gasteiger partial charge on any atom is -0.392 e. The third kappa shape index (κ3) is 4.61. The fourth-order valence-electron chi connectivity index (χ4n) is 2.46. The number of nitrogens with one attached hydrogen (secondary N) is 1. The molecule has 0 bridgehead atoms. The number of non-ortho nitro benzene ring substituents is 1. The molecular formula is C16H22N4O3. The lowest BCUT2D eigenvalue weighted by Gasteiger charge is -2.10. The van der Waals surface area contributed by atoms with E-state index in [1.165, 1.54) is 12.1 Å². The maximum Gasteiger partial charge on any atom is 0.269 e. The highest BCUT2D eigenvalue weighted by atomic mass is 16.6. The van der Waals surface area contributed by atoms with E-state index in [-0.39, 0.29) is 11.8 Å². The lowest BCUT2D eigenvalue weighted by molar-refractivity contribution is -0.384. The van der Waals surface area contributed by atoms with Crippen LogP contribution in [0.15, 0.2) is 30.5 Å². The lowest BCUT2D eigenvalue weighted by Crippen LogP contribution is -2.26. The minimum absolute atomic E-state index is 0.0621. The van der Waals surface area contributed by atoms with Crippen molar-refractivity contribution >= 4 is 5.69 Å².